The van der Waals surface area contributed by atoms with Crippen LogP contribution in [0.3, 0.4) is 0 Å². The van der Waals surface area contributed by atoms with Crippen LogP contribution in [0.15, 0.2) is 66.7 Å². The SMILES string of the molecule is COc1c(C)cccc1C(=O)NC(=S)Nc1ccccc1N1CCN(C(=O)c2ccc(Cl)cc2)CC1. The largest absolute Gasteiger partial charge is 0.496 e. The molecular formula is C27H27ClN4O3S. The quantitative estimate of drug-likeness (QED) is 0.471. The van der Waals surface area contributed by atoms with Crippen molar-refractivity contribution in [1.29, 1.82) is 0 Å². The lowest BCUT2D eigenvalue weighted by molar-refractivity contribution is 0.0746. The van der Waals surface area contributed by atoms with E-state index in [1.807, 2.05) is 42.2 Å². The molecule has 0 saturated carbocycles. The fourth-order valence-corrected chi connectivity index (χ4v) is 4.54. The summed E-state index contributed by atoms with van der Waals surface area (Å²) in [5.74, 6) is 0.164. The van der Waals surface area contributed by atoms with E-state index in [2.05, 4.69) is 15.5 Å². The molecule has 3 aromatic carbocycles. The molecule has 0 unspecified atom stereocenters. The summed E-state index contributed by atoms with van der Waals surface area (Å²) in [6.45, 7) is 4.38. The van der Waals surface area contributed by atoms with Gasteiger partial charge in [0.2, 0.25) is 0 Å². The fourth-order valence-electron chi connectivity index (χ4n) is 4.21. The van der Waals surface area contributed by atoms with E-state index in [1.165, 1.54) is 7.11 Å². The molecule has 1 saturated heterocycles. The summed E-state index contributed by atoms with van der Waals surface area (Å²) in [4.78, 5) is 29.7. The summed E-state index contributed by atoms with van der Waals surface area (Å²) < 4.78 is 5.39. The predicted octanol–water partition coefficient (Wildman–Crippen LogP) is 4.75. The van der Waals surface area contributed by atoms with Gasteiger partial charge in [0.25, 0.3) is 11.8 Å². The van der Waals surface area contributed by atoms with Crippen LogP contribution in [0.25, 0.3) is 0 Å². The van der Waals surface area contributed by atoms with Gasteiger partial charge in [0.15, 0.2) is 5.11 Å². The molecule has 7 nitrogen and oxygen atoms in total. The van der Waals surface area contributed by atoms with Gasteiger partial charge in [-0.25, -0.2) is 0 Å². The van der Waals surface area contributed by atoms with Crippen LogP contribution in [0.5, 0.6) is 5.75 Å². The highest BCUT2D eigenvalue weighted by Gasteiger charge is 2.24. The number of amides is 2. The Balaban J connectivity index is 1.39. The van der Waals surface area contributed by atoms with E-state index in [9.17, 15) is 9.59 Å². The molecule has 2 amide bonds. The molecule has 0 radical (unpaired) electrons. The number of carbonyl (C=O) groups excluding carboxylic acids is 2. The van der Waals surface area contributed by atoms with Crippen LogP contribution >= 0.6 is 23.8 Å². The Morgan fingerprint density at radius 3 is 2.33 bits per heavy atom. The molecule has 1 aliphatic heterocycles. The summed E-state index contributed by atoms with van der Waals surface area (Å²) in [6.07, 6.45) is 0. The lowest BCUT2D eigenvalue weighted by atomic mass is 10.1. The molecule has 0 bridgehead atoms. The summed E-state index contributed by atoms with van der Waals surface area (Å²) >= 11 is 11.4. The molecule has 2 N–H and O–H groups in total. The van der Waals surface area contributed by atoms with Gasteiger partial charge < -0.3 is 19.9 Å². The van der Waals surface area contributed by atoms with Gasteiger partial charge in [-0.3, -0.25) is 14.9 Å². The maximum absolute atomic E-state index is 12.8. The average molecular weight is 523 g/mol. The fraction of sp³-hybridized carbons (Fsp3) is 0.222. The first-order valence-electron chi connectivity index (χ1n) is 11.5. The number of rotatable bonds is 5. The van der Waals surface area contributed by atoms with E-state index in [4.69, 9.17) is 28.6 Å². The van der Waals surface area contributed by atoms with E-state index >= 15 is 0 Å². The van der Waals surface area contributed by atoms with Gasteiger partial charge in [-0.2, -0.15) is 0 Å². The van der Waals surface area contributed by atoms with Crippen LogP contribution < -0.4 is 20.3 Å². The average Bonchev–Trinajstić information content (AvgIpc) is 2.89. The van der Waals surface area contributed by atoms with Gasteiger partial charge >= 0.3 is 0 Å². The zero-order valence-corrected chi connectivity index (χ0v) is 21.7. The number of halogens is 1. The molecule has 0 spiro atoms. The van der Waals surface area contributed by atoms with Crippen molar-refractivity contribution in [3.8, 4) is 5.75 Å². The van der Waals surface area contributed by atoms with Crippen molar-refractivity contribution < 1.29 is 14.3 Å². The van der Waals surface area contributed by atoms with Crippen molar-refractivity contribution in [2.75, 3.05) is 43.5 Å². The number of ether oxygens (including phenoxy) is 1. The summed E-state index contributed by atoms with van der Waals surface area (Å²) in [5.41, 5.74) is 3.62. The van der Waals surface area contributed by atoms with Crippen LogP contribution in [-0.4, -0.2) is 55.1 Å². The van der Waals surface area contributed by atoms with Crippen LogP contribution in [0.4, 0.5) is 11.4 Å². The van der Waals surface area contributed by atoms with Gasteiger partial charge in [-0.1, -0.05) is 35.9 Å². The summed E-state index contributed by atoms with van der Waals surface area (Å²) in [5, 5.41) is 6.68. The minimum absolute atomic E-state index is 0.00630. The van der Waals surface area contributed by atoms with E-state index in [-0.39, 0.29) is 16.9 Å². The monoisotopic (exact) mass is 522 g/mol. The third-order valence-electron chi connectivity index (χ3n) is 6.04. The number of para-hydroxylation sites is 3. The van der Waals surface area contributed by atoms with Crippen LogP contribution in [0.2, 0.25) is 5.02 Å². The van der Waals surface area contributed by atoms with Crippen molar-refractivity contribution in [3.63, 3.8) is 0 Å². The third kappa shape index (κ3) is 5.78. The number of thiocarbonyl (C=S) groups is 1. The molecular weight excluding hydrogens is 496 g/mol. The first-order valence-corrected chi connectivity index (χ1v) is 12.3. The third-order valence-corrected chi connectivity index (χ3v) is 6.49. The second-order valence-electron chi connectivity index (χ2n) is 8.37. The standard InChI is InChI=1S/C27H27ClN4O3S/c1-18-6-5-7-21(24(18)35-2)25(33)30-27(36)29-22-8-3-4-9-23(22)31-14-16-32(17-15-31)26(34)19-10-12-20(28)13-11-19/h3-13H,14-17H2,1-2H3,(H2,29,30,33,36). The van der Waals surface area contributed by atoms with Crippen LogP contribution in [0, 0.1) is 6.92 Å². The van der Waals surface area contributed by atoms with Crippen molar-refractivity contribution in [3.05, 3.63) is 88.4 Å². The van der Waals surface area contributed by atoms with Gasteiger partial charge in [-0.15, -0.1) is 0 Å². The first-order chi connectivity index (χ1) is 17.4. The number of anilines is 2. The number of methoxy groups -OCH3 is 1. The number of nitrogens with one attached hydrogen (secondary N) is 2. The maximum Gasteiger partial charge on any atom is 0.261 e. The highest BCUT2D eigenvalue weighted by atomic mass is 35.5. The lowest BCUT2D eigenvalue weighted by Crippen LogP contribution is -2.49. The zero-order chi connectivity index (χ0) is 25.7. The Hall–Kier alpha value is -3.62. The molecule has 0 atom stereocenters. The lowest BCUT2D eigenvalue weighted by Gasteiger charge is -2.37. The number of hydrogen-bond acceptors (Lipinski definition) is 5. The van der Waals surface area contributed by atoms with Gasteiger partial charge in [0.1, 0.15) is 5.75 Å². The van der Waals surface area contributed by atoms with Gasteiger partial charge in [0, 0.05) is 36.8 Å². The Bertz CT molecular complexity index is 1270. The van der Waals surface area contributed by atoms with E-state index < -0.39 is 0 Å². The second kappa shape index (κ2) is 11.4. The Labute approximate surface area is 221 Å². The van der Waals surface area contributed by atoms with Crippen molar-refractivity contribution in [1.82, 2.24) is 10.2 Å². The zero-order valence-electron chi connectivity index (χ0n) is 20.1. The molecule has 36 heavy (non-hydrogen) atoms. The molecule has 1 aliphatic rings. The Morgan fingerprint density at radius 1 is 0.944 bits per heavy atom. The minimum Gasteiger partial charge on any atom is -0.496 e. The second-order valence-corrected chi connectivity index (χ2v) is 9.21. The van der Waals surface area contributed by atoms with Crippen molar-refractivity contribution >= 4 is 52.1 Å². The topological polar surface area (TPSA) is 73.9 Å². The number of carbonyl (C=O) groups is 2. The molecule has 1 heterocycles. The molecule has 9 heteroatoms. The van der Waals surface area contributed by atoms with Crippen LogP contribution in [-0.2, 0) is 0 Å². The summed E-state index contributed by atoms with van der Waals surface area (Å²) in [6, 6.07) is 20.1. The number of nitrogens with zero attached hydrogens (tertiary/aromatic N) is 2. The Morgan fingerprint density at radius 2 is 1.64 bits per heavy atom. The maximum atomic E-state index is 12.8. The summed E-state index contributed by atoms with van der Waals surface area (Å²) in [7, 11) is 1.54. The van der Waals surface area contributed by atoms with E-state index in [0.29, 0.717) is 48.1 Å². The van der Waals surface area contributed by atoms with Crippen molar-refractivity contribution in [2.45, 2.75) is 6.92 Å². The van der Waals surface area contributed by atoms with E-state index in [0.717, 1.165) is 16.9 Å². The predicted molar refractivity (Wildman–Crippen MR) is 147 cm³/mol. The molecule has 3 aromatic rings. The van der Waals surface area contributed by atoms with E-state index in [1.54, 1.807) is 36.4 Å². The molecule has 186 valence electrons. The van der Waals surface area contributed by atoms with Gasteiger partial charge in [-0.05, 0) is 67.2 Å². The molecule has 4 rings (SSSR count). The first kappa shape index (κ1) is 25.5. The minimum atomic E-state index is -0.347. The van der Waals surface area contributed by atoms with Gasteiger partial charge in [0.05, 0.1) is 24.0 Å². The van der Waals surface area contributed by atoms with Crippen molar-refractivity contribution in [2.24, 2.45) is 0 Å². The molecule has 0 aromatic heterocycles. The highest BCUT2D eigenvalue weighted by molar-refractivity contribution is 7.80. The smallest absolute Gasteiger partial charge is 0.261 e. The number of aryl methyl sites for hydroxylation is 1. The van der Waals surface area contributed by atoms with Crippen LogP contribution in [0.1, 0.15) is 26.3 Å². The number of piperazine rings is 1. The normalized spacial score (nSPS) is 13.2. The number of benzene rings is 3. The highest BCUT2D eigenvalue weighted by Crippen LogP contribution is 2.27. The molecule has 0 aliphatic carbocycles. The Kier molecular flexibility index (Phi) is 8.07. The molecule has 1 fully saturated rings. The number of hydrogen-bond donors (Lipinski definition) is 2.